The van der Waals surface area contributed by atoms with Gasteiger partial charge in [-0.2, -0.15) is 0 Å². The molecule has 0 spiro atoms. The number of nitrogens with one attached hydrogen (secondary N) is 1. The van der Waals surface area contributed by atoms with E-state index in [9.17, 15) is 18.8 Å². The number of aromatic amines is 1. The predicted octanol–water partition coefficient (Wildman–Crippen LogP) is 3.68. The highest BCUT2D eigenvalue weighted by molar-refractivity contribution is 6.07. The standard InChI is InChI=1S/C21H25FN2O4/c1-6-10-24(20(26)15-8-7-9-16(22)11-15)14(4)19(25)17-12(2)18(21(27)28-5)23-13(17)3/h7-9,11,14,23H,6,10H2,1-5H3/t14-/m1/s1. The monoisotopic (exact) mass is 388 g/mol. The Morgan fingerprint density at radius 3 is 2.50 bits per heavy atom. The van der Waals surface area contributed by atoms with Gasteiger partial charge in [0.2, 0.25) is 0 Å². The summed E-state index contributed by atoms with van der Waals surface area (Å²) >= 11 is 0. The van der Waals surface area contributed by atoms with E-state index in [0.29, 0.717) is 29.8 Å². The largest absolute Gasteiger partial charge is 0.464 e. The van der Waals surface area contributed by atoms with Gasteiger partial charge in [-0.15, -0.1) is 0 Å². The van der Waals surface area contributed by atoms with Gasteiger partial charge in [0, 0.05) is 23.4 Å². The molecule has 1 heterocycles. The van der Waals surface area contributed by atoms with Crippen LogP contribution in [0.25, 0.3) is 0 Å². The van der Waals surface area contributed by atoms with Crippen molar-refractivity contribution in [2.24, 2.45) is 0 Å². The molecule has 0 aliphatic heterocycles. The van der Waals surface area contributed by atoms with Crippen molar-refractivity contribution in [3.05, 3.63) is 58.2 Å². The number of aryl methyl sites for hydroxylation is 1. The zero-order valence-electron chi connectivity index (χ0n) is 16.8. The molecule has 1 N–H and O–H groups in total. The maximum atomic E-state index is 13.5. The molecule has 150 valence electrons. The van der Waals surface area contributed by atoms with E-state index in [1.807, 2.05) is 6.92 Å². The molecule has 2 aromatic rings. The van der Waals surface area contributed by atoms with Crippen LogP contribution in [0.4, 0.5) is 4.39 Å². The number of esters is 1. The molecular weight excluding hydrogens is 363 g/mol. The van der Waals surface area contributed by atoms with E-state index in [1.54, 1.807) is 20.8 Å². The van der Waals surface area contributed by atoms with Gasteiger partial charge in [-0.3, -0.25) is 9.59 Å². The highest BCUT2D eigenvalue weighted by Gasteiger charge is 2.31. The summed E-state index contributed by atoms with van der Waals surface area (Å²) in [5.74, 6) is -1.78. The quantitative estimate of drug-likeness (QED) is 0.580. The molecule has 0 unspecified atom stereocenters. The third kappa shape index (κ3) is 4.13. The molecule has 0 saturated carbocycles. The maximum absolute atomic E-state index is 13.5. The molecule has 1 amide bonds. The maximum Gasteiger partial charge on any atom is 0.354 e. The summed E-state index contributed by atoms with van der Waals surface area (Å²) in [7, 11) is 1.27. The van der Waals surface area contributed by atoms with E-state index in [4.69, 9.17) is 4.74 Å². The van der Waals surface area contributed by atoms with Crippen molar-refractivity contribution < 1.29 is 23.5 Å². The van der Waals surface area contributed by atoms with E-state index in [-0.39, 0.29) is 17.0 Å². The molecule has 2 rings (SSSR count). The Balaban J connectivity index is 2.39. The van der Waals surface area contributed by atoms with Crippen LogP contribution in [-0.4, -0.2) is 47.2 Å². The minimum Gasteiger partial charge on any atom is -0.464 e. The Morgan fingerprint density at radius 2 is 1.93 bits per heavy atom. The SMILES string of the molecule is CCCN(C(=O)c1cccc(F)c1)[C@H](C)C(=O)c1c(C)[nH]c(C(=O)OC)c1C. The summed E-state index contributed by atoms with van der Waals surface area (Å²) in [4.78, 5) is 42.3. The van der Waals surface area contributed by atoms with Crippen LogP contribution in [0.2, 0.25) is 0 Å². The van der Waals surface area contributed by atoms with Gasteiger partial charge in [0.25, 0.3) is 5.91 Å². The zero-order chi connectivity index (χ0) is 21.0. The molecular formula is C21H25FN2O4. The Kier molecular flexibility index (Phi) is 6.72. The highest BCUT2D eigenvalue weighted by Crippen LogP contribution is 2.23. The number of ketones is 1. The van der Waals surface area contributed by atoms with Crippen molar-refractivity contribution in [1.29, 1.82) is 0 Å². The summed E-state index contributed by atoms with van der Waals surface area (Å²) in [6.07, 6.45) is 0.636. The number of carbonyl (C=O) groups is 3. The van der Waals surface area contributed by atoms with Crippen LogP contribution in [0.3, 0.4) is 0 Å². The number of H-pyrrole nitrogens is 1. The fourth-order valence-electron chi connectivity index (χ4n) is 3.28. The van der Waals surface area contributed by atoms with E-state index in [2.05, 4.69) is 4.98 Å². The fourth-order valence-corrected chi connectivity index (χ4v) is 3.28. The second-order valence-electron chi connectivity index (χ2n) is 6.67. The molecule has 0 bridgehead atoms. The zero-order valence-corrected chi connectivity index (χ0v) is 16.8. The number of halogens is 1. The number of hydrogen-bond donors (Lipinski definition) is 1. The van der Waals surface area contributed by atoms with Crippen molar-refractivity contribution in [3.8, 4) is 0 Å². The number of aromatic nitrogens is 1. The van der Waals surface area contributed by atoms with E-state index < -0.39 is 23.7 Å². The number of benzene rings is 1. The van der Waals surface area contributed by atoms with Crippen LogP contribution in [0, 0.1) is 19.7 Å². The van der Waals surface area contributed by atoms with Gasteiger partial charge in [-0.1, -0.05) is 13.0 Å². The lowest BCUT2D eigenvalue weighted by Crippen LogP contribution is -2.44. The summed E-state index contributed by atoms with van der Waals surface area (Å²) in [5, 5.41) is 0. The molecule has 1 atom stereocenters. The van der Waals surface area contributed by atoms with Gasteiger partial charge >= 0.3 is 5.97 Å². The molecule has 1 aromatic heterocycles. The number of hydrogen-bond acceptors (Lipinski definition) is 4. The van der Waals surface area contributed by atoms with Crippen LogP contribution in [0.15, 0.2) is 24.3 Å². The Morgan fingerprint density at radius 1 is 1.25 bits per heavy atom. The molecule has 0 aliphatic rings. The Hall–Kier alpha value is -2.96. The first-order chi connectivity index (χ1) is 13.2. The van der Waals surface area contributed by atoms with Crippen molar-refractivity contribution in [1.82, 2.24) is 9.88 Å². The molecule has 0 radical (unpaired) electrons. The van der Waals surface area contributed by atoms with Crippen LogP contribution in [0.5, 0.6) is 0 Å². The Labute approximate surface area is 163 Å². The first kappa shape index (κ1) is 21.3. The van der Waals surface area contributed by atoms with Crippen molar-refractivity contribution in [2.75, 3.05) is 13.7 Å². The van der Waals surface area contributed by atoms with Gasteiger partial charge < -0.3 is 14.6 Å². The molecule has 1 aromatic carbocycles. The predicted molar refractivity (Wildman–Crippen MR) is 103 cm³/mol. The summed E-state index contributed by atoms with van der Waals surface area (Å²) in [6.45, 7) is 7.23. The Bertz CT molecular complexity index is 904. The lowest BCUT2D eigenvalue weighted by atomic mass is 9.99. The molecule has 0 saturated heterocycles. The fraction of sp³-hybridized carbons (Fsp3) is 0.381. The second kappa shape index (κ2) is 8.82. The van der Waals surface area contributed by atoms with Crippen LogP contribution in [-0.2, 0) is 4.74 Å². The van der Waals surface area contributed by atoms with Gasteiger partial charge in [0.1, 0.15) is 11.5 Å². The van der Waals surface area contributed by atoms with Crippen LogP contribution >= 0.6 is 0 Å². The molecule has 0 aliphatic carbocycles. The topological polar surface area (TPSA) is 79.5 Å². The number of carbonyl (C=O) groups excluding carboxylic acids is 3. The van der Waals surface area contributed by atoms with Crippen molar-refractivity contribution in [2.45, 2.75) is 40.2 Å². The van der Waals surface area contributed by atoms with E-state index in [1.165, 1.54) is 30.2 Å². The second-order valence-corrected chi connectivity index (χ2v) is 6.67. The van der Waals surface area contributed by atoms with Crippen molar-refractivity contribution in [3.63, 3.8) is 0 Å². The molecule has 6 nitrogen and oxygen atoms in total. The smallest absolute Gasteiger partial charge is 0.354 e. The molecule has 28 heavy (non-hydrogen) atoms. The number of methoxy groups -OCH3 is 1. The van der Waals surface area contributed by atoms with E-state index in [0.717, 1.165) is 6.07 Å². The van der Waals surface area contributed by atoms with Gasteiger partial charge in [-0.05, 0) is 51.0 Å². The lowest BCUT2D eigenvalue weighted by molar-refractivity contribution is 0.0592. The van der Waals surface area contributed by atoms with Gasteiger partial charge in [0.05, 0.1) is 13.2 Å². The third-order valence-electron chi connectivity index (χ3n) is 4.72. The normalized spacial score (nSPS) is 11.8. The summed E-state index contributed by atoms with van der Waals surface area (Å²) < 4.78 is 18.3. The first-order valence-corrected chi connectivity index (χ1v) is 9.11. The van der Waals surface area contributed by atoms with Gasteiger partial charge in [0.15, 0.2) is 5.78 Å². The highest BCUT2D eigenvalue weighted by atomic mass is 19.1. The average molecular weight is 388 g/mol. The number of ether oxygens (including phenoxy) is 1. The van der Waals surface area contributed by atoms with Crippen LogP contribution < -0.4 is 0 Å². The average Bonchev–Trinajstić information content (AvgIpc) is 2.98. The van der Waals surface area contributed by atoms with Gasteiger partial charge in [-0.25, -0.2) is 9.18 Å². The lowest BCUT2D eigenvalue weighted by Gasteiger charge is -2.28. The molecule has 7 heteroatoms. The first-order valence-electron chi connectivity index (χ1n) is 9.11. The number of nitrogens with zero attached hydrogens (tertiary/aromatic N) is 1. The summed E-state index contributed by atoms with van der Waals surface area (Å²) in [5.41, 5.74) is 1.78. The van der Waals surface area contributed by atoms with Crippen molar-refractivity contribution >= 4 is 17.7 Å². The number of amides is 1. The van der Waals surface area contributed by atoms with Crippen LogP contribution in [0.1, 0.15) is 62.7 Å². The number of rotatable bonds is 7. The molecule has 0 fully saturated rings. The minimum atomic E-state index is -0.783. The minimum absolute atomic E-state index is 0.186. The van der Waals surface area contributed by atoms with E-state index >= 15 is 0 Å². The number of Topliss-reactive ketones (excluding diaryl/α,β-unsaturated/α-hetero) is 1. The third-order valence-corrected chi connectivity index (χ3v) is 4.72. The summed E-state index contributed by atoms with van der Waals surface area (Å²) in [6, 6.07) is 4.62.